The van der Waals surface area contributed by atoms with E-state index in [1.54, 1.807) is 31.2 Å². The van der Waals surface area contributed by atoms with E-state index in [1.165, 1.54) is 35.2 Å². The van der Waals surface area contributed by atoms with E-state index in [-0.39, 0.29) is 22.7 Å². The van der Waals surface area contributed by atoms with E-state index in [2.05, 4.69) is 21.1 Å². The molecule has 0 radical (unpaired) electrons. The van der Waals surface area contributed by atoms with Gasteiger partial charge in [0.1, 0.15) is 17.3 Å². The first-order valence-electron chi connectivity index (χ1n) is 8.62. The van der Waals surface area contributed by atoms with Crippen LogP contribution in [0.3, 0.4) is 0 Å². The van der Waals surface area contributed by atoms with E-state index in [1.807, 2.05) is 0 Å². The normalized spacial score (nSPS) is 18.4. The van der Waals surface area contributed by atoms with E-state index >= 15 is 0 Å². The van der Waals surface area contributed by atoms with Gasteiger partial charge in [-0.15, -0.1) is 0 Å². The van der Waals surface area contributed by atoms with Crippen molar-refractivity contribution in [2.24, 2.45) is 0 Å². The van der Waals surface area contributed by atoms with Crippen molar-refractivity contribution < 1.29 is 23.6 Å². The summed E-state index contributed by atoms with van der Waals surface area (Å²) >= 11 is 3.36. The third-order valence-electron chi connectivity index (χ3n) is 4.61. The fourth-order valence-electron chi connectivity index (χ4n) is 3.26. The number of amides is 1. The molecule has 1 aliphatic heterocycles. The van der Waals surface area contributed by atoms with Gasteiger partial charge in [0.2, 0.25) is 0 Å². The minimum Gasteiger partial charge on any atom is -0.507 e. The van der Waals surface area contributed by atoms with Crippen molar-refractivity contribution in [2.75, 3.05) is 4.90 Å². The third-order valence-corrected chi connectivity index (χ3v) is 5.14. The largest absolute Gasteiger partial charge is 0.507 e. The highest BCUT2D eigenvalue weighted by molar-refractivity contribution is 9.10. The average Bonchev–Trinajstić information content (AvgIpc) is 3.24. The van der Waals surface area contributed by atoms with Crippen LogP contribution in [0.25, 0.3) is 5.76 Å². The van der Waals surface area contributed by atoms with Crippen LogP contribution in [0.5, 0.6) is 0 Å². The Hall–Kier alpha value is -3.26. The summed E-state index contributed by atoms with van der Waals surface area (Å²) in [6.07, 6.45) is 0. The van der Waals surface area contributed by atoms with Gasteiger partial charge < -0.3 is 9.63 Å². The minimum atomic E-state index is -0.919. The van der Waals surface area contributed by atoms with Crippen molar-refractivity contribution in [1.82, 2.24) is 5.16 Å². The van der Waals surface area contributed by atoms with Crippen molar-refractivity contribution in [3.8, 4) is 0 Å². The van der Waals surface area contributed by atoms with Gasteiger partial charge in [0, 0.05) is 16.1 Å². The molecule has 6 nitrogen and oxygen atoms in total. The molecule has 0 unspecified atom stereocenters. The van der Waals surface area contributed by atoms with E-state index < -0.39 is 23.5 Å². The van der Waals surface area contributed by atoms with Crippen LogP contribution < -0.4 is 4.90 Å². The highest BCUT2D eigenvalue weighted by Crippen LogP contribution is 2.42. The monoisotopic (exact) mass is 456 g/mol. The lowest BCUT2D eigenvalue weighted by Gasteiger charge is -2.22. The van der Waals surface area contributed by atoms with Gasteiger partial charge >= 0.3 is 5.91 Å². The molecular formula is C21H14BrFN2O4. The summed E-state index contributed by atoms with van der Waals surface area (Å²) < 4.78 is 19.2. The number of aliphatic hydroxyl groups is 1. The van der Waals surface area contributed by atoms with Crippen LogP contribution in [-0.4, -0.2) is 22.0 Å². The molecule has 1 N–H and O–H groups in total. The molecule has 1 atom stereocenters. The minimum absolute atomic E-state index is 0.107. The smallest absolute Gasteiger partial charge is 0.301 e. The quantitative estimate of drug-likeness (QED) is 0.356. The molecule has 0 aliphatic carbocycles. The molecular weight excluding hydrogens is 443 g/mol. The second-order valence-corrected chi connectivity index (χ2v) is 7.44. The molecule has 3 aromatic rings. The van der Waals surface area contributed by atoms with Gasteiger partial charge in [-0.1, -0.05) is 33.2 Å². The van der Waals surface area contributed by atoms with Crippen LogP contribution in [0.1, 0.15) is 22.9 Å². The lowest BCUT2D eigenvalue weighted by atomic mass is 9.95. The Bertz CT molecular complexity index is 1140. The second kappa shape index (κ2) is 7.29. The number of aryl methyl sites for hydroxylation is 1. The predicted molar refractivity (Wildman–Crippen MR) is 107 cm³/mol. The molecule has 1 fully saturated rings. The number of ketones is 1. The lowest BCUT2D eigenvalue weighted by Crippen LogP contribution is -2.29. The van der Waals surface area contributed by atoms with Crippen LogP contribution in [0.15, 0.2) is 69.2 Å². The summed E-state index contributed by atoms with van der Waals surface area (Å²) in [6.45, 7) is 1.67. The number of hydrogen-bond acceptors (Lipinski definition) is 5. The Balaban J connectivity index is 1.93. The van der Waals surface area contributed by atoms with E-state index in [4.69, 9.17) is 4.52 Å². The van der Waals surface area contributed by atoms with E-state index in [0.717, 1.165) is 4.47 Å². The maximum absolute atomic E-state index is 13.3. The number of rotatable bonds is 3. The van der Waals surface area contributed by atoms with Gasteiger partial charge in [0.15, 0.2) is 5.82 Å². The summed E-state index contributed by atoms with van der Waals surface area (Å²) in [5.41, 5.74) is 0.712. The zero-order chi connectivity index (χ0) is 20.7. The van der Waals surface area contributed by atoms with Crippen molar-refractivity contribution in [1.29, 1.82) is 0 Å². The average molecular weight is 457 g/mol. The zero-order valence-corrected chi connectivity index (χ0v) is 16.7. The van der Waals surface area contributed by atoms with E-state index in [0.29, 0.717) is 11.3 Å². The molecule has 2 aromatic carbocycles. The number of aliphatic hydroxyl groups excluding tert-OH is 1. The van der Waals surface area contributed by atoms with Crippen molar-refractivity contribution in [2.45, 2.75) is 13.0 Å². The summed E-state index contributed by atoms with van der Waals surface area (Å²) in [4.78, 5) is 26.9. The van der Waals surface area contributed by atoms with Gasteiger partial charge in [-0.05, 0) is 48.9 Å². The van der Waals surface area contributed by atoms with Crippen LogP contribution in [0, 0.1) is 12.7 Å². The second-order valence-electron chi connectivity index (χ2n) is 6.52. The molecule has 1 aliphatic rings. The number of carbonyl (C=O) groups excluding carboxylic acids is 2. The summed E-state index contributed by atoms with van der Waals surface area (Å²) in [5.74, 6) is -1.94. The molecule has 0 saturated carbocycles. The fourth-order valence-corrected chi connectivity index (χ4v) is 3.52. The number of aromatic nitrogens is 1. The molecule has 1 amide bonds. The summed E-state index contributed by atoms with van der Waals surface area (Å²) in [7, 11) is 0. The Morgan fingerprint density at radius 3 is 2.38 bits per heavy atom. The van der Waals surface area contributed by atoms with Crippen molar-refractivity contribution >= 4 is 39.2 Å². The van der Waals surface area contributed by atoms with Crippen LogP contribution >= 0.6 is 15.9 Å². The fraction of sp³-hybridized carbons (Fsp3) is 0.0952. The van der Waals surface area contributed by atoms with Crippen LogP contribution in [-0.2, 0) is 9.59 Å². The van der Waals surface area contributed by atoms with Crippen LogP contribution in [0.2, 0.25) is 0 Å². The lowest BCUT2D eigenvalue weighted by molar-refractivity contribution is -0.132. The highest BCUT2D eigenvalue weighted by Gasteiger charge is 2.48. The van der Waals surface area contributed by atoms with Crippen molar-refractivity contribution in [3.63, 3.8) is 0 Å². The van der Waals surface area contributed by atoms with Crippen LogP contribution in [0.4, 0.5) is 10.2 Å². The van der Waals surface area contributed by atoms with Gasteiger partial charge in [-0.2, -0.15) is 0 Å². The molecule has 8 heteroatoms. The number of benzene rings is 2. The first kappa shape index (κ1) is 19.1. The first-order valence-corrected chi connectivity index (χ1v) is 9.42. The Morgan fingerprint density at radius 1 is 1.14 bits per heavy atom. The van der Waals surface area contributed by atoms with Gasteiger partial charge in [-0.25, -0.2) is 4.39 Å². The summed E-state index contributed by atoms with van der Waals surface area (Å²) in [5, 5.41) is 14.7. The molecule has 1 aromatic heterocycles. The topological polar surface area (TPSA) is 83.6 Å². The van der Waals surface area contributed by atoms with Gasteiger partial charge in [0.25, 0.3) is 5.78 Å². The SMILES string of the molecule is Cc1cc(N2C(=O)C(=O)/C(=C(/O)c3ccc(F)cc3)[C@@H]2c2ccc(Br)cc2)no1. The maximum atomic E-state index is 13.3. The molecule has 2 heterocycles. The zero-order valence-electron chi connectivity index (χ0n) is 15.1. The Kier molecular flexibility index (Phi) is 4.79. The summed E-state index contributed by atoms with van der Waals surface area (Å²) in [6, 6.07) is 12.6. The number of halogens is 2. The number of nitrogens with zero attached hydrogens (tertiary/aromatic N) is 2. The first-order chi connectivity index (χ1) is 13.9. The predicted octanol–water partition coefficient (Wildman–Crippen LogP) is 4.51. The van der Waals surface area contributed by atoms with Gasteiger partial charge in [-0.3, -0.25) is 14.5 Å². The molecule has 29 heavy (non-hydrogen) atoms. The number of Topliss-reactive ketones (excluding diaryl/α,β-unsaturated/α-hetero) is 1. The molecule has 0 spiro atoms. The molecule has 4 rings (SSSR count). The number of anilines is 1. The third kappa shape index (κ3) is 3.36. The van der Waals surface area contributed by atoms with E-state index in [9.17, 15) is 19.1 Å². The molecule has 146 valence electrons. The standard InChI is InChI=1S/C21H14BrFN2O4/c1-11-10-16(24-29-11)25-18(12-2-6-14(22)7-3-12)17(20(27)21(25)28)19(26)13-4-8-15(23)9-5-13/h2-10,18,26H,1H3/b19-17+/t18-/m0/s1. The van der Waals surface area contributed by atoms with Crippen molar-refractivity contribution in [3.05, 3.63) is 87.3 Å². The number of carbonyl (C=O) groups is 2. The molecule has 1 saturated heterocycles. The highest BCUT2D eigenvalue weighted by atomic mass is 79.9. The Labute approximate surface area is 173 Å². The van der Waals surface area contributed by atoms with Gasteiger partial charge in [0.05, 0.1) is 11.6 Å². The maximum Gasteiger partial charge on any atom is 0.301 e. The molecule has 0 bridgehead atoms. The number of hydrogen-bond donors (Lipinski definition) is 1. The Morgan fingerprint density at radius 2 is 1.79 bits per heavy atom.